The average Bonchev–Trinajstić information content (AvgIpc) is 3.30. The molecule has 0 saturated heterocycles. The average molecular weight is 471 g/mol. The van der Waals surface area contributed by atoms with E-state index in [0.29, 0.717) is 16.4 Å². The van der Waals surface area contributed by atoms with Crippen molar-refractivity contribution in [3.05, 3.63) is 70.5 Å². The highest BCUT2D eigenvalue weighted by Crippen LogP contribution is 2.29. The molecule has 4 rings (SSSR count). The molecule has 2 aromatic carbocycles. The Morgan fingerprint density at radius 2 is 1.79 bits per heavy atom. The van der Waals surface area contributed by atoms with Crippen LogP contribution in [0.4, 0.5) is 14.5 Å². The van der Waals surface area contributed by atoms with Gasteiger partial charge in [-0.3, -0.25) is 4.68 Å². The Balaban J connectivity index is 1.84. The lowest BCUT2D eigenvalue weighted by atomic mass is 10.1. The first-order valence-corrected chi connectivity index (χ1v) is 10.9. The molecule has 0 bridgehead atoms. The molecule has 0 fully saturated rings. The van der Waals surface area contributed by atoms with Crippen LogP contribution in [0.5, 0.6) is 0 Å². The number of halogens is 3. The van der Waals surface area contributed by atoms with Gasteiger partial charge in [-0.15, -0.1) is 5.10 Å². The van der Waals surface area contributed by atoms with Crippen LogP contribution in [-0.2, 0) is 6.54 Å². The molecule has 0 aliphatic carbocycles. The number of rotatable bonds is 6. The van der Waals surface area contributed by atoms with E-state index in [0.717, 1.165) is 16.9 Å². The highest BCUT2D eigenvalue weighted by Gasteiger charge is 2.21. The van der Waals surface area contributed by atoms with E-state index in [1.807, 2.05) is 56.7 Å². The fraction of sp³-hybridized carbons (Fsp3) is 0.292. The summed E-state index contributed by atoms with van der Waals surface area (Å²) in [6, 6.07) is 9.40. The first-order valence-electron chi connectivity index (χ1n) is 10.6. The largest absolute Gasteiger partial charge is 0.378 e. The lowest BCUT2D eigenvalue weighted by Gasteiger charge is -2.12. The van der Waals surface area contributed by atoms with Crippen LogP contribution >= 0.6 is 11.6 Å². The molecule has 0 amide bonds. The van der Waals surface area contributed by atoms with E-state index in [4.69, 9.17) is 11.6 Å². The third-order valence-corrected chi connectivity index (χ3v) is 5.54. The van der Waals surface area contributed by atoms with Crippen LogP contribution < -0.4 is 4.90 Å². The van der Waals surface area contributed by atoms with Crippen LogP contribution in [0.2, 0.25) is 5.02 Å². The van der Waals surface area contributed by atoms with Crippen molar-refractivity contribution in [2.45, 2.75) is 33.4 Å². The van der Waals surface area contributed by atoms with Gasteiger partial charge in [0.25, 0.3) is 0 Å². The maximum Gasteiger partial charge on any atom is 0.184 e. The number of hydrogen-bond donors (Lipinski definition) is 0. The first-order chi connectivity index (χ1) is 15.6. The van der Waals surface area contributed by atoms with E-state index in [1.54, 1.807) is 16.8 Å². The summed E-state index contributed by atoms with van der Waals surface area (Å²) >= 11 is 6.05. The maximum atomic E-state index is 15.0. The molecule has 0 aliphatic heterocycles. The van der Waals surface area contributed by atoms with Gasteiger partial charge in [-0.2, -0.15) is 5.10 Å². The summed E-state index contributed by atoms with van der Waals surface area (Å²) in [5, 5.41) is 9.45. The SMILES string of the molecule is Cc1nn(C(C)C)cc1-c1nc(-c2ccc(N(C)C)cc2F)nn1Cc1cc(F)cc(Cl)c1. The van der Waals surface area contributed by atoms with Gasteiger partial charge in [-0.05, 0) is 62.7 Å². The van der Waals surface area contributed by atoms with Gasteiger partial charge in [0.15, 0.2) is 11.6 Å². The van der Waals surface area contributed by atoms with Gasteiger partial charge < -0.3 is 4.90 Å². The molecule has 4 aromatic rings. The lowest BCUT2D eigenvalue weighted by Crippen LogP contribution is -2.08. The second kappa shape index (κ2) is 8.94. The number of aryl methyl sites for hydroxylation is 1. The molecular formula is C24H25ClF2N6. The van der Waals surface area contributed by atoms with Gasteiger partial charge >= 0.3 is 0 Å². The third kappa shape index (κ3) is 4.75. The lowest BCUT2D eigenvalue weighted by molar-refractivity contribution is 0.529. The normalized spacial score (nSPS) is 11.4. The first kappa shape index (κ1) is 22.9. The zero-order chi connectivity index (χ0) is 23.9. The van der Waals surface area contributed by atoms with Crippen LogP contribution in [0.25, 0.3) is 22.8 Å². The van der Waals surface area contributed by atoms with Crippen LogP contribution in [0.15, 0.2) is 42.6 Å². The minimum Gasteiger partial charge on any atom is -0.378 e. The van der Waals surface area contributed by atoms with Crippen molar-refractivity contribution in [3.8, 4) is 22.8 Å². The van der Waals surface area contributed by atoms with E-state index in [9.17, 15) is 8.78 Å². The molecule has 0 N–H and O–H groups in total. The van der Waals surface area contributed by atoms with Crippen LogP contribution in [-0.4, -0.2) is 38.6 Å². The van der Waals surface area contributed by atoms with Gasteiger partial charge in [-0.1, -0.05) is 11.6 Å². The van der Waals surface area contributed by atoms with Gasteiger partial charge in [0, 0.05) is 37.0 Å². The molecule has 172 valence electrons. The van der Waals surface area contributed by atoms with E-state index in [2.05, 4.69) is 15.2 Å². The minimum atomic E-state index is -0.437. The topological polar surface area (TPSA) is 51.8 Å². The van der Waals surface area contributed by atoms with Gasteiger partial charge in [-0.25, -0.2) is 18.4 Å². The highest BCUT2D eigenvalue weighted by molar-refractivity contribution is 6.30. The summed E-state index contributed by atoms with van der Waals surface area (Å²) in [6.45, 7) is 6.16. The van der Waals surface area contributed by atoms with Crippen molar-refractivity contribution < 1.29 is 8.78 Å². The molecule has 33 heavy (non-hydrogen) atoms. The summed E-state index contributed by atoms with van der Waals surface area (Å²) in [6.07, 6.45) is 1.90. The molecule has 6 nitrogen and oxygen atoms in total. The molecule has 0 aliphatic rings. The Kier molecular flexibility index (Phi) is 6.21. The predicted molar refractivity (Wildman–Crippen MR) is 127 cm³/mol. The summed E-state index contributed by atoms with van der Waals surface area (Å²) in [5.41, 5.74) is 3.18. The molecule has 9 heteroatoms. The quantitative estimate of drug-likeness (QED) is 0.360. The molecule has 0 unspecified atom stereocenters. The van der Waals surface area contributed by atoms with Gasteiger partial charge in [0.05, 0.1) is 23.4 Å². The monoisotopic (exact) mass is 470 g/mol. The molecular weight excluding hydrogens is 446 g/mol. The van der Waals surface area contributed by atoms with E-state index < -0.39 is 11.6 Å². The summed E-state index contributed by atoms with van der Waals surface area (Å²) in [5.74, 6) is -0.0975. The Hall–Kier alpha value is -3.26. The minimum absolute atomic E-state index is 0.159. The van der Waals surface area contributed by atoms with Crippen LogP contribution in [0.3, 0.4) is 0 Å². The molecule has 2 aromatic heterocycles. The summed E-state index contributed by atoms with van der Waals surface area (Å²) in [7, 11) is 3.69. The predicted octanol–water partition coefficient (Wildman–Crippen LogP) is 5.74. The van der Waals surface area contributed by atoms with Gasteiger partial charge in [0.1, 0.15) is 11.6 Å². The van der Waals surface area contributed by atoms with Crippen LogP contribution in [0.1, 0.15) is 31.1 Å². The standard InChI is InChI=1S/C24H25ClF2N6/c1-14(2)32-13-21(15(3)29-32)24-28-23(20-7-6-19(31(4)5)11-22(20)27)30-33(24)12-16-8-17(25)10-18(26)9-16/h6-11,13-14H,12H2,1-5H3. The fourth-order valence-electron chi connectivity index (χ4n) is 3.57. The third-order valence-electron chi connectivity index (χ3n) is 5.32. The second-order valence-electron chi connectivity index (χ2n) is 8.45. The van der Waals surface area contributed by atoms with E-state index in [1.165, 1.54) is 18.2 Å². The van der Waals surface area contributed by atoms with Crippen molar-refractivity contribution in [2.24, 2.45) is 0 Å². The number of anilines is 1. The van der Waals surface area contributed by atoms with Crippen molar-refractivity contribution in [2.75, 3.05) is 19.0 Å². The number of hydrogen-bond acceptors (Lipinski definition) is 4. The van der Waals surface area contributed by atoms with Crippen molar-refractivity contribution >= 4 is 17.3 Å². The highest BCUT2D eigenvalue weighted by atomic mass is 35.5. The Morgan fingerprint density at radius 1 is 1.03 bits per heavy atom. The zero-order valence-electron chi connectivity index (χ0n) is 19.1. The van der Waals surface area contributed by atoms with Gasteiger partial charge in [0.2, 0.25) is 0 Å². The van der Waals surface area contributed by atoms with Crippen molar-refractivity contribution in [1.82, 2.24) is 24.5 Å². The summed E-state index contributed by atoms with van der Waals surface area (Å²) in [4.78, 5) is 6.50. The Bertz CT molecular complexity index is 1290. The Morgan fingerprint density at radius 3 is 2.39 bits per heavy atom. The second-order valence-corrected chi connectivity index (χ2v) is 8.89. The maximum absolute atomic E-state index is 15.0. The zero-order valence-corrected chi connectivity index (χ0v) is 19.9. The number of benzene rings is 2. The van der Waals surface area contributed by atoms with E-state index in [-0.39, 0.29) is 24.0 Å². The fourth-order valence-corrected chi connectivity index (χ4v) is 3.81. The molecule has 0 saturated carbocycles. The van der Waals surface area contributed by atoms with Crippen molar-refractivity contribution in [1.29, 1.82) is 0 Å². The smallest absolute Gasteiger partial charge is 0.184 e. The number of nitrogens with zero attached hydrogens (tertiary/aromatic N) is 6. The van der Waals surface area contributed by atoms with E-state index >= 15 is 0 Å². The molecule has 2 heterocycles. The van der Waals surface area contributed by atoms with Crippen molar-refractivity contribution in [3.63, 3.8) is 0 Å². The summed E-state index contributed by atoms with van der Waals surface area (Å²) < 4.78 is 32.4. The molecule has 0 spiro atoms. The van der Waals surface area contributed by atoms with Crippen LogP contribution in [0, 0.1) is 18.6 Å². The Labute approximate surface area is 196 Å². The number of aromatic nitrogens is 5. The molecule has 0 radical (unpaired) electrons. The molecule has 0 atom stereocenters.